The van der Waals surface area contributed by atoms with Crippen molar-refractivity contribution in [1.82, 2.24) is 20.1 Å². The molecule has 6 heteroatoms. The van der Waals surface area contributed by atoms with Gasteiger partial charge in [0.15, 0.2) is 0 Å². The Hall–Kier alpha value is -0.910. The highest BCUT2D eigenvalue weighted by Gasteiger charge is 2.19. The summed E-state index contributed by atoms with van der Waals surface area (Å²) in [6, 6.07) is 0.233. The van der Waals surface area contributed by atoms with E-state index in [1.165, 1.54) is 4.88 Å². The molecule has 0 saturated heterocycles. The number of aryl methyl sites for hydroxylation is 2. The SMILES string of the molecule is CCc1nn(CC)c(CC(NC)c2cncs2)c1Cl. The second kappa shape index (κ2) is 6.50. The average Bonchev–Trinajstić information content (AvgIpc) is 3.04. The van der Waals surface area contributed by atoms with Crippen molar-refractivity contribution in [2.75, 3.05) is 7.05 Å². The highest BCUT2D eigenvalue weighted by molar-refractivity contribution is 7.09. The third-order valence-corrected chi connectivity index (χ3v) is 4.56. The highest BCUT2D eigenvalue weighted by atomic mass is 35.5. The molecule has 0 aliphatic carbocycles. The van der Waals surface area contributed by atoms with Crippen molar-refractivity contribution in [1.29, 1.82) is 0 Å². The molecule has 0 amide bonds. The summed E-state index contributed by atoms with van der Waals surface area (Å²) in [4.78, 5) is 5.36. The van der Waals surface area contributed by atoms with Crippen molar-refractivity contribution < 1.29 is 0 Å². The number of hydrogen-bond donors (Lipinski definition) is 1. The van der Waals surface area contributed by atoms with Gasteiger partial charge in [0.1, 0.15) is 0 Å². The lowest BCUT2D eigenvalue weighted by Gasteiger charge is -2.15. The predicted molar refractivity (Wildman–Crippen MR) is 79.9 cm³/mol. The van der Waals surface area contributed by atoms with Gasteiger partial charge in [0.25, 0.3) is 0 Å². The largest absolute Gasteiger partial charge is 0.312 e. The van der Waals surface area contributed by atoms with Crippen LogP contribution >= 0.6 is 22.9 Å². The fourth-order valence-corrected chi connectivity index (χ4v) is 3.23. The maximum absolute atomic E-state index is 6.45. The summed E-state index contributed by atoms with van der Waals surface area (Å²) in [7, 11) is 1.96. The summed E-state index contributed by atoms with van der Waals surface area (Å²) >= 11 is 8.11. The van der Waals surface area contributed by atoms with Crippen molar-refractivity contribution in [3.63, 3.8) is 0 Å². The van der Waals surface area contributed by atoms with E-state index in [9.17, 15) is 0 Å². The van der Waals surface area contributed by atoms with E-state index in [0.29, 0.717) is 0 Å². The van der Waals surface area contributed by atoms with E-state index in [4.69, 9.17) is 11.6 Å². The molecule has 0 aliphatic heterocycles. The van der Waals surface area contributed by atoms with Gasteiger partial charge in [-0.15, -0.1) is 11.3 Å². The van der Waals surface area contributed by atoms with Crippen LogP contribution in [0.3, 0.4) is 0 Å². The van der Waals surface area contributed by atoms with Crippen LogP contribution in [0.5, 0.6) is 0 Å². The molecule has 0 fully saturated rings. The molecule has 0 bridgehead atoms. The van der Waals surface area contributed by atoms with Gasteiger partial charge in [-0.2, -0.15) is 5.10 Å². The molecule has 2 aromatic heterocycles. The van der Waals surface area contributed by atoms with Crippen LogP contribution in [0.4, 0.5) is 0 Å². The Bertz CT molecular complexity index is 521. The molecule has 4 nitrogen and oxygen atoms in total. The highest BCUT2D eigenvalue weighted by Crippen LogP contribution is 2.28. The van der Waals surface area contributed by atoms with E-state index in [0.717, 1.165) is 35.8 Å². The van der Waals surface area contributed by atoms with Gasteiger partial charge in [-0.25, -0.2) is 0 Å². The fraction of sp³-hybridized carbons (Fsp3) is 0.538. The zero-order chi connectivity index (χ0) is 13.8. The number of nitrogens with zero attached hydrogens (tertiary/aromatic N) is 3. The minimum atomic E-state index is 0.233. The Morgan fingerprint density at radius 1 is 1.47 bits per heavy atom. The van der Waals surface area contributed by atoms with Gasteiger partial charge in [0.2, 0.25) is 0 Å². The normalized spacial score (nSPS) is 12.8. The van der Waals surface area contributed by atoms with Crippen LogP contribution in [-0.2, 0) is 19.4 Å². The number of hydrogen-bond acceptors (Lipinski definition) is 4. The zero-order valence-corrected chi connectivity index (χ0v) is 13.1. The molecule has 2 heterocycles. The molecule has 1 atom stereocenters. The number of halogens is 1. The van der Waals surface area contributed by atoms with Gasteiger partial charge in [-0.3, -0.25) is 9.67 Å². The number of aromatic nitrogens is 3. The first kappa shape index (κ1) is 14.5. The quantitative estimate of drug-likeness (QED) is 0.891. The van der Waals surface area contributed by atoms with Crippen molar-refractivity contribution in [3.8, 4) is 0 Å². The molecule has 19 heavy (non-hydrogen) atoms. The van der Waals surface area contributed by atoms with Gasteiger partial charge in [0, 0.05) is 30.1 Å². The van der Waals surface area contributed by atoms with Gasteiger partial charge >= 0.3 is 0 Å². The monoisotopic (exact) mass is 298 g/mol. The molecular formula is C13H19ClN4S. The van der Waals surface area contributed by atoms with Crippen LogP contribution < -0.4 is 5.32 Å². The molecule has 2 aromatic rings. The van der Waals surface area contributed by atoms with E-state index in [2.05, 4.69) is 29.2 Å². The van der Waals surface area contributed by atoms with Crippen LogP contribution in [0, 0.1) is 0 Å². The lowest BCUT2D eigenvalue weighted by atomic mass is 10.1. The molecule has 0 aromatic carbocycles. The Morgan fingerprint density at radius 3 is 2.79 bits per heavy atom. The summed E-state index contributed by atoms with van der Waals surface area (Å²) in [5.74, 6) is 0. The molecule has 0 saturated carbocycles. The average molecular weight is 299 g/mol. The lowest BCUT2D eigenvalue weighted by molar-refractivity contribution is 0.545. The molecule has 104 valence electrons. The Balaban J connectivity index is 2.29. The van der Waals surface area contributed by atoms with E-state index < -0.39 is 0 Å². The first-order valence-electron chi connectivity index (χ1n) is 6.50. The molecule has 0 radical (unpaired) electrons. The van der Waals surface area contributed by atoms with Gasteiger partial charge in [0.05, 0.1) is 21.9 Å². The fourth-order valence-electron chi connectivity index (χ4n) is 2.15. The van der Waals surface area contributed by atoms with E-state index in [1.807, 2.05) is 23.4 Å². The second-order valence-corrected chi connectivity index (χ2v) is 5.62. The minimum absolute atomic E-state index is 0.233. The second-order valence-electron chi connectivity index (χ2n) is 4.33. The van der Waals surface area contributed by atoms with Gasteiger partial charge < -0.3 is 5.32 Å². The van der Waals surface area contributed by atoms with Crippen LogP contribution in [0.15, 0.2) is 11.7 Å². The summed E-state index contributed by atoms with van der Waals surface area (Å²) in [6.07, 6.45) is 3.61. The lowest BCUT2D eigenvalue weighted by Crippen LogP contribution is -2.19. The van der Waals surface area contributed by atoms with Crippen molar-refractivity contribution in [3.05, 3.63) is 33.0 Å². The van der Waals surface area contributed by atoms with Gasteiger partial charge in [-0.1, -0.05) is 18.5 Å². The maximum atomic E-state index is 6.45. The Labute approximate surface area is 122 Å². The maximum Gasteiger partial charge on any atom is 0.0850 e. The third-order valence-electron chi connectivity index (χ3n) is 3.23. The number of rotatable bonds is 6. The van der Waals surface area contributed by atoms with Crippen molar-refractivity contribution >= 4 is 22.9 Å². The first-order chi connectivity index (χ1) is 9.21. The molecule has 2 rings (SSSR count). The van der Waals surface area contributed by atoms with Crippen molar-refractivity contribution in [2.45, 2.75) is 39.3 Å². The number of nitrogens with one attached hydrogen (secondary N) is 1. The third kappa shape index (κ3) is 2.99. The molecular weight excluding hydrogens is 280 g/mol. The van der Waals surface area contributed by atoms with E-state index >= 15 is 0 Å². The first-order valence-corrected chi connectivity index (χ1v) is 7.76. The Kier molecular flexibility index (Phi) is 4.96. The van der Waals surface area contributed by atoms with Crippen molar-refractivity contribution in [2.24, 2.45) is 0 Å². The topological polar surface area (TPSA) is 42.7 Å². The summed E-state index contributed by atoms with van der Waals surface area (Å²) in [6.45, 7) is 5.01. The molecule has 0 spiro atoms. The standard InChI is InChI=1S/C13H19ClN4S/c1-4-9-13(14)11(18(5-2)17-9)6-10(15-3)12-7-16-8-19-12/h7-8,10,15H,4-6H2,1-3H3. The summed E-state index contributed by atoms with van der Waals surface area (Å²) in [5.41, 5.74) is 3.95. The smallest absolute Gasteiger partial charge is 0.0850 e. The Morgan fingerprint density at radius 2 is 2.26 bits per heavy atom. The zero-order valence-electron chi connectivity index (χ0n) is 11.5. The summed E-state index contributed by atoms with van der Waals surface area (Å²) in [5, 5.41) is 8.70. The molecule has 1 unspecified atom stereocenters. The van der Waals surface area contributed by atoms with E-state index in [1.54, 1.807) is 11.3 Å². The van der Waals surface area contributed by atoms with Crippen LogP contribution in [0.1, 0.15) is 36.2 Å². The van der Waals surface area contributed by atoms with Crippen LogP contribution in [-0.4, -0.2) is 21.8 Å². The number of likely N-dealkylation sites (N-methyl/N-ethyl adjacent to an activating group) is 1. The predicted octanol–water partition coefficient (Wildman–Crippen LogP) is 3.08. The van der Waals surface area contributed by atoms with Gasteiger partial charge in [-0.05, 0) is 20.4 Å². The van der Waals surface area contributed by atoms with E-state index in [-0.39, 0.29) is 6.04 Å². The minimum Gasteiger partial charge on any atom is -0.312 e. The summed E-state index contributed by atoms with van der Waals surface area (Å²) < 4.78 is 2.01. The van der Waals surface area contributed by atoms with Crippen LogP contribution in [0.2, 0.25) is 5.02 Å². The molecule has 0 aliphatic rings. The van der Waals surface area contributed by atoms with Crippen LogP contribution in [0.25, 0.3) is 0 Å². The molecule has 1 N–H and O–H groups in total. The number of thiazole rings is 1.